The molecule has 5 rings (SSSR count). The van der Waals surface area contributed by atoms with Gasteiger partial charge in [0.05, 0.1) is 0 Å². The summed E-state index contributed by atoms with van der Waals surface area (Å²) in [6.45, 7) is 14.1. The van der Waals surface area contributed by atoms with Crippen molar-refractivity contribution < 1.29 is 0 Å². The molecule has 242 valence electrons. The van der Waals surface area contributed by atoms with E-state index in [2.05, 4.69) is 88.5 Å². The summed E-state index contributed by atoms with van der Waals surface area (Å²) >= 11 is 4.19. The summed E-state index contributed by atoms with van der Waals surface area (Å²) in [6, 6.07) is 10.8. The van der Waals surface area contributed by atoms with Gasteiger partial charge >= 0.3 is 0 Å². The molecule has 0 saturated heterocycles. The van der Waals surface area contributed by atoms with Gasteiger partial charge < -0.3 is 0 Å². The molecule has 1 aromatic carbocycles. The Hall–Kier alpha value is -1.38. The fourth-order valence-corrected chi connectivity index (χ4v) is 11.2. The second kappa shape index (κ2) is 15.5. The molecule has 0 atom stereocenters. The molecule has 0 radical (unpaired) electrons. The molecule has 2 aliphatic rings. The molecule has 0 spiro atoms. The van der Waals surface area contributed by atoms with Crippen LogP contribution in [0.25, 0.3) is 20.9 Å². The Morgan fingerprint density at radius 2 is 0.727 bits per heavy atom. The van der Waals surface area contributed by atoms with E-state index in [1.54, 1.807) is 43.1 Å². The van der Waals surface area contributed by atoms with E-state index in [9.17, 15) is 0 Å². The van der Waals surface area contributed by atoms with Crippen LogP contribution in [-0.4, -0.2) is 0 Å². The molecule has 2 heteroatoms. The second-order valence-electron chi connectivity index (χ2n) is 14.5. The predicted molar refractivity (Wildman–Crippen MR) is 199 cm³/mol. The fourth-order valence-electron chi connectivity index (χ4n) is 8.94. The van der Waals surface area contributed by atoms with Gasteiger partial charge in [-0.25, -0.2) is 0 Å². The highest BCUT2D eigenvalue weighted by Gasteiger charge is 2.49. The standard InChI is InChI=1S/C42H62S2/c1-7-11-15-19-23-41(24-20-16-12-8-2)35-29-34-36(30-33(35)39-37(41)27-31(5)43-39)42(25-21-17-13-9-3,26-22-18-14-10-4)38-28-32(6)44-40(34)38/h27-30H,7-26H2,1-6H3. The van der Waals surface area contributed by atoms with Gasteiger partial charge in [0.15, 0.2) is 0 Å². The second-order valence-corrected chi connectivity index (χ2v) is 17.1. The summed E-state index contributed by atoms with van der Waals surface area (Å²) in [4.78, 5) is 6.27. The summed E-state index contributed by atoms with van der Waals surface area (Å²) in [5.74, 6) is 0. The molecule has 0 saturated carbocycles. The fraction of sp³-hybridized carbons (Fsp3) is 0.667. The van der Waals surface area contributed by atoms with Crippen LogP contribution < -0.4 is 0 Å². The largest absolute Gasteiger partial charge is 0.140 e. The van der Waals surface area contributed by atoms with Crippen molar-refractivity contribution in [1.82, 2.24) is 0 Å². The Balaban J connectivity index is 1.65. The van der Waals surface area contributed by atoms with Crippen LogP contribution in [0.15, 0.2) is 24.3 Å². The Kier molecular flexibility index (Phi) is 11.9. The number of fused-ring (bicyclic) bond motifs is 6. The molecule has 2 aliphatic carbocycles. The number of rotatable bonds is 20. The topological polar surface area (TPSA) is 0 Å². The maximum absolute atomic E-state index is 2.79. The lowest BCUT2D eigenvalue weighted by Gasteiger charge is -2.34. The third-order valence-electron chi connectivity index (χ3n) is 11.2. The van der Waals surface area contributed by atoms with E-state index in [0.717, 1.165) is 0 Å². The molecule has 44 heavy (non-hydrogen) atoms. The van der Waals surface area contributed by atoms with Crippen molar-refractivity contribution in [2.45, 2.75) is 181 Å². The first-order chi connectivity index (χ1) is 21.5. The normalized spacial score (nSPS) is 15.4. The van der Waals surface area contributed by atoms with Gasteiger partial charge in [-0.05, 0) is 97.2 Å². The highest BCUT2D eigenvalue weighted by Crippen LogP contribution is 2.63. The van der Waals surface area contributed by atoms with Crippen LogP contribution in [0, 0.1) is 13.8 Å². The van der Waals surface area contributed by atoms with E-state index in [4.69, 9.17) is 0 Å². The van der Waals surface area contributed by atoms with Crippen LogP contribution in [-0.2, 0) is 10.8 Å². The summed E-state index contributed by atoms with van der Waals surface area (Å²) in [6.07, 6.45) is 27.0. The monoisotopic (exact) mass is 630 g/mol. The highest BCUT2D eigenvalue weighted by molar-refractivity contribution is 7.16. The number of benzene rings is 1. The van der Waals surface area contributed by atoms with Crippen LogP contribution >= 0.6 is 22.7 Å². The lowest BCUT2D eigenvalue weighted by atomic mass is 9.68. The van der Waals surface area contributed by atoms with Gasteiger partial charge in [-0.2, -0.15) is 0 Å². The molecule has 0 nitrogen and oxygen atoms in total. The predicted octanol–water partition coefficient (Wildman–Crippen LogP) is 14.8. The molecule has 0 fully saturated rings. The summed E-state index contributed by atoms with van der Waals surface area (Å²) < 4.78 is 0. The van der Waals surface area contributed by atoms with Crippen molar-refractivity contribution in [1.29, 1.82) is 0 Å². The number of thiophene rings is 2. The minimum absolute atomic E-state index is 0.200. The van der Waals surface area contributed by atoms with Gasteiger partial charge in [-0.3, -0.25) is 0 Å². The van der Waals surface area contributed by atoms with Gasteiger partial charge in [0.2, 0.25) is 0 Å². The van der Waals surface area contributed by atoms with Crippen molar-refractivity contribution in [2.24, 2.45) is 0 Å². The van der Waals surface area contributed by atoms with E-state index in [0.29, 0.717) is 0 Å². The molecular formula is C42H62S2. The zero-order valence-electron chi connectivity index (χ0n) is 29.3. The average molecular weight is 631 g/mol. The van der Waals surface area contributed by atoms with Gasteiger partial charge in [-0.1, -0.05) is 130 Å². The quantitative estimate of drug-likeness (QED) is 0.109. The van der Waals surface area contributed by atoms with Crippen molar-refractivity contribution in [2.75, 3.05) is 0 Å². The molecule has 0 unspecified atom stereocenters. The lowest BCUT2D eigenvalue weighted by Crippen LogP contribution is -2.27. The number of unbranched alkanes of at least 4 members (excludes halogenated alkanes) is 12. The molecule has 0 aliphatic heterocycles. The average Bonchev–Trinajstić information content (AvgIpc) is 3.72. The smallest absolute Gasteiger partial charge is 0.0389 e. The zero-order valence-corrected chi connectivity index (χ0v) is 30.9. The van der Waals surface area contributed by atoms with Crippen LogP contribution in [0.4, 0.5) is 0 Å². The van der Waals surface area contributed by atoms with E-state index in [1.807, 2.05) is 0 Å². The molecule has 0 amide bonds. The highest BCUT2D eigenvalue weighted by atomic mass is 32.1. The molecule has 0 N–H and O–H groups in total. The number of hydrogen-bond acceptors (Lipinski definition) is 2. The van der Waals surface area contributed by atoms with E-state index in [1.165, 1.54) is 138 Å². The summed E-state index contributed by atoms with van der Waals surface area (Å²) in [7, 11) is 0. The van der Waals surface area contributed by atoms with Gasteiger partial charge in [0.25, 0.3) is 0 Å². The van der Waals surface area contributed by atoms with E-state index >= 15 is 0 Å². The Bertz CT molecular complexity index is 1220. The third-order valence-corrected chi connectivity index (χ3v) is 13.4. The molecule has 0 bridgehead atoms. The first-order valence-corrected chi connectivity index (χ1v) is 20.5. The van der Waals surface area contributed by atoms with Crippen LogP contribution in [0.3, 0.4) is 0 Å². The van der Waals surface area contributed by atoms with Crippen LogP contribution in [0.2, 0.25) is 0 Å². The molecule has 2 aromatic heterocycles. The maximum atomic E-state index is 2.79. The number of aryl methyl sites for hydroxylation is 2. The Labute approximate surface area is 279 Å². The minimum atomic E-state index is 0.200. The number of hydrogen-bond donors (Lipinski definition) is 0. The van der Waals surface area contributed by atoms with Gasteiger partial charge in [0, 0.05) is 30.3 Å². The minimum Gasteiger partial charge on any atom is -0.140 e. The lowest BCUT2D eigenvalue weighted by molar-refractivity contribution is 0.398. The Morgan fingerprint density at radius 1 is 0.409 bits per heavy atom. The zero-order chi connectivity index (χ0) is 31.2. The van der Waals surface area contributed by atoms with Crippen molar-refractivity contribution in [3.63, 3.8) is 0 Å². The first kappa shape index (κ1) is 34.0. The van der Waals surface area contributed by atoms with Crippen LogP contribution in [0.1, 0.15) is 188 Å². The van der Waals surface area contributed by atoms with E-state index in [-0.39, 0.29) is 10.8 Å². The molecular weight excluding hydrogens is 569 g/mol. The third kappa shape index (κ3) is 6.56. The maximum Gasteiger partial charge on any atom is 0.0389 e. The van der Waals surface area contributed by atoms with E-state index < -0.39 is 0 Å². The van der Waals surface area contributed by atoms with Crippen molar-refractivity contribution in [3.05, 3.63) is 56.3 Å². The molecule has 2 heterocycles. The Morgan fingerprint density at radius 3 is 1.02 bits per heavy atom. The van der Waals surface area contributed by atoms with Crippen molar-refractivity contribution >= 4 is 22.7 Å². The first-order valence-electron chi connectivity index (χ1n) is 18.9. The summed E-state index contributed by atoms with van der Waals surface area (Å²) in [5.41, 5.74) is 10.5. The SMILES string of the molecule is CCCCCCC1(CCCCCC)c2cc3c(cc2-c2sc(C)cc21)C(CCCCCC)(CCCCCC)c1cc(C)sc1-3. The molecule has 3 aromatic rings. The van der Waals surface area contributed by atoms with Crippen molar-refractivity contribution in [3.8, 4) is 20.9 Å². The van der Waals surface area contributed by atoms with Gasteiger partial charge in [-0.15, -0.1) is 22.7 Å². The van der Waals surface area contributed by atoms with Gasteiger partial charge in [0.1, 0.15) is 0 Å². The van der Waals surface area contributed by atoms with Crippen LogP contribution in [0.5, 0.6) is 0 Å². The summed E-state index contributed by atoms with van der Waals surface area (Å²) in [5, 5.41) is 0.